The molecule has 1 amide bonds. The predicted molar refractivity (Wildman–Crippen MR) is 88.4 cm³/mol. The summed E-state index contributed by atoms with van der Waals surface area (Å²) < 4.78 is 23.4. The Morgan fingerprint density at radius 2 is 1.50 bits per heavy atom. The molecule has 5 heteroatoms. The van der Waals surface area contributed by atoms with Crippen molar-refractivity contribution in [3.8, 4) is 0 Å². The van der Waals surface area contributed by atoms with Crippen LogP contribution < -0.4 is 4.90 Å². The van der Waals surface area contributed by atoms with Crippen LogP contribution in [0.5, 0.6) is 0 Å². The number of nitrogens with zero attached hydrogens (tertiary/aromatic N) is 1. The second-order valence-corrected chi connectivity index (χ2v) is 7.58. The van der Waals surface area contributed by atoms with Gasteiger partial charge in [-0.25, -0.2) is 8.42 Å². The van der Waals surface area contributed by atoms with E-state index in [-0.39, 0.29) is 0 Å². The van der Waals surface area contributed by atoms with Crippen LogP contribution in [0.2, 0.25) is 0 Å². The van der Waals surface area contributed by atoms with Crippen molar-refractivity contribution in [2.75, 3.05) is 11.2 Å². The summed E-state index contributed by atoms with van der Waals surface area (Å²) in [4.78, 5) is 14.2. The molecule has 0 saturated carbocycles. The Bertz CT molecular complexity index is 727. The number of hydrogen-bond acceptors (Lipinski definition) is 3. The third-order valence-electron chi connectivity index (χ3n) is 3.51. The first kappa shape index (κ1) is 16.2. The number of benzene rings is 2. The van der Waals surface area contributed by atoms with Gasteiger partial charge in [0, 0.05) is 11.9 Å². The van der Waals surface area contributed by atoms with Gasteiger partial charge in [-0.1, -0.05) is 48.5 Å². The van der Waals surface area contributed by atoms with Crippen molar-refractivity contribution in [1.29, 1.82) is 0 Å². The summed E-state index contributed by atoms with van der Waals surface area (Å²) in [7, 11) is -3.44. The minimum Gasteiger partial charge on any atom is -0.307 e. The molecular formula is C17H19NO3S. The molecule has 4 nitrogen and oxygen atoms in total. The number of carbonyl (C=O) groups is 1. The van der Waals surface area contributed by atoms with Crippen LogP contribution in [0.1, 0.15) is 12.5 Å². The summed E-state index contributed by atoms with van der Waals surface area (Å²) >= 11 is 0. The van der Waals surface area contributed by atoms with Crippen molar-refractivity contribution in [3.05, 3.63) is 66.2 Å². The highest BCUT2D eigenvalue weighted by Crippen LogP contribution is 2.19. The van der Waals surface area contributed by atoms with Crippen molar-refractivity contribution in [1.82, 2.24) is 0 Å². The van der Waals surface area contributed by atoms with E-state index in [1.807, 2.05) is 48.5 Å². The van der Waals surface area contributed by atoms with Crippen molar-refractivity contribution < 1.29 is 13.2 Å². The third-order valence-corrected chi connectivity index (χ3v) is 4.99. The van der Waals surface area contributed by atoms with E-state index < -0.39 is 21.0 Å². The Labute approximate surface area is 131 Å². The Morgan fingerprint density at radius 1 is 1.00 bits per heavy atom. The van der Waals surface area contributed by atoms with Crippen LogP contribution in [0.4, 0.5) is 5.69 Å². The minimum absolute atomic E-state index is 0.337. The topological polar surface area (TPSA) is 54.5 Å². The zero-order valence-electron chi connectivity index (χ0n) is 12.6. The second-order valence-electron chi connectivity index (χ2n) is 5.22. The first-order chi connectivity index (χ1) is 10.4. The number of para-hydroxylation sites is 1. The fourth-order valence-electron chi connectivity index (χ4n) is 2.07. The Morgan fingerprint density at radius 3 is 2.00 bits per heavy atom. The van der Waals surface area contributed by atoms with Gasteiger partial charge < -0.3 is 4.90 Å². The number of rotatable bonds is 5. The highest BCUT2D eigenvalue weighted by Gasteiger charge is 2.29. The van der Waals surface area contributed by atoms with Crippen LogP contribution in [0.25, 0.3) is 0 Å². The standard InChI is InChI=1S/C17H19NO3S/c1-14(22(2,20)21)17(19)18(16-11-7-4-8-12-16)13-15-9-5-3-6-10-15/h3-12,14H,13H2,1-2H3. The number of carbonyl (C=O) groups excluding carboxylic acids is 1. The van der Waals surface area contributed by atoms with Gasteiger partial charge in [-0.2, -0.15) is 0 Å². The van der Waals surface area contributed by atoms with Crippen LogP contribution in [-0.4, -0.2) is 25.8 Å². The number of anilines is 1. The van der Waals surface area contributed by atoms with Gasteiger partial charge in [0.1, 0.15) is 5.25 Å². The maximum atomic E-state index is 12.6. The van der Waals surface area contributed by atoms with Crippen LogP contribution in [-0.2, 0) is 21.2 Å². The number of hydrogen-bond donors (Lipinski definition) is 0. The molecule has 0 N–H and O–H groups in total. The van der Waals surface area contributed by atoms with Crippen molar-refractivity contribution >= 4 is 21.4 Å². The molecule has 0 aromatic heterocycles. The normalized spacial score (nSPS) is 12.6. The molecule has 0 saturated heterocycles. The molecule has 0 aliphatic rings. The van der Waals surface area contributed by atoms with Gasteiger partial charge in [-0.3, -0.25) is 4.79 Å². The van der Waals surface area contributed by atoms with Gasteiger partial charge >= 0.3 is 0 Å². The fourth-order valence-corrected chi connectivity index (χ4v) is 2.57. The molecule has 1 unspecified atom stereocenters. The smallest absolute Gasteiger partial charge is 0.245 e. The maximum absolute atomic E-state index is 12.6. The SMILES string of the molecule is CC(C(=O)N(Cc1ccccc1)c1ccccc1)S(C)(=O)=O. The first-order valence-electron chi connectivity index (χ1n) is 6.99. The molecule has 0 heterocycles. The Hall–Kier alpha value is -2.14. The van der Waals surface area contributed by atoms with E-state index in [0.717, 1.165) is 11.8 Å². The molecular weight excluding hydrogens is 298 g/mol. The molecule has 1 atom stereocenters. The highest BCUT2D eigenvalue weighted by atomic mass is 32.2. The highest BCUT2D eigenvalue weighted by molar-refractivity contribution is 7.92. The molecule has 0 fully saturated rings. The minimum atomic E-state index is -3.44. The third kappa shape index (κ3) is 3.95. The second kappa shape index (κ2) is 6.75. The summed E-state index contributed by atoms with van der Waals surface area (Å²) in [5, 5.41) is -1.07. The van der Waals surface area contributed by atoms with Crippen LogP contribution in [0, 0.1) is 0 Å². The lowest BCUT2D eigenvalue weighted by atomic mass is 10.2. The van der Waals surface area contributed by atoms with E-state index in [1.165, 1.54) is 11.8 Å². The molecule has 2 aromatic carbocycles. The molecule has 2 rings (SSSR count). The van der Waals surface area contributed by atoms with Gasteiger partial charge in [0.15, 0.2) is 9.84 Å². The zero-order valence-corrected chi connectivity index (χ0v) is 13.5. The summed E-state index contributed by atoms with van der Waals surface area (Å²) in [5.41, 5.74) is 1.63. The maximum Gasteiger partial charge on any atom is 0.245 e. The van der Waals surface area contributed by atoms with Gasteiger partial charge in [0.05, 0.1) is 6.54 Å². The molecule has 2 aromatic rings. The number of amides is 1. The van der Waals surface area contributed by atoms with Crippen molar-refractivity contribution in [2.24, 2.45) is 0 Å². The monoisotopic (exact) mass is 317 g/mol. The van der Waals surface area contributed by atoms with E-state index in [0.29, 0.717) is 12.2 Å². The van der Waals surface area contributed by atoms with Crippen molar-refractivity contribution in [2.45, 2.75) is 18.7 Å². The first-order valence-corrected chi connectivity index (χ1v) is 8.94. The van der Waals surface area contributed by atoms with E-state index in [4.69, 9.17) is 0 Å². The van der Waals surface area contributed by atoms with Crippen LogP contribution in [0.3, 0.4) is 0 Å². The largest absolute Gasteiger partial charge is 0.307 e. The van der Waals surface area contributed by atoms with Crippen LogP contribution >= 0.6 is 0 Å². The van der Waals surface area contributed by atoms with Gasteiger partial charge in [-0.15, -0.1) is 0 Å². The lowest BCUT2D eigenvalue weighted by Gasteiger charge is -2.25. The fraction of sp³-hybridized carbons (Fsp3) is 0.235. The van der Waals surface area contributed by atoms with Gasteiger partial charge in [0.25, 0.3) is 0 Å². The summed E-state index contributed by atoms with van der Waals surface area (Å²) in [5.74, 6) is -0.419. The summed E-state index contributed by atoms with van der Waals surface area (Å²) in [6.45, 7) is 1.77. The molecule has 0 radical (unpaired) electrons. The Balaban J connectivity index is 2.36. The Kier molecular flexibility index (Phi) is 4.98. The van der Waals surface area contributed by atoms with Crippen LogP contribution in [0.15, 0.2) is 60.7 Å². The average Bonchev–Trinajstić information content (AvgIpc) is 2.52. The molecule has 0 aliphatic carbocycles. The number of sulfone groups is 1. The van der Waals surface area contributed by atoms with Crippen molar-refractivity contribution in [3.63, 3.8) is 0 Å². The van der Waals surface area contributed by atoms with Gasteiger partial charge in [-0.05, 0) is 24.6 Å². The van der Waals surface area contributed by atoms with E-state index in [1.54, 1.807) is 12.1 Å². The molecule has 22 heavy (non-hydrogen) atoms. The quantitative estimate of drug-likeness (QED) is 0.852. The molecule has 116 valence electrons. The molecule has 0 aliphatic heterocycles. The molecule has 0 bridgehead atoms. The summed E-state index contributed by atoms with van der Waals surface area (Å²) in [6.07, 6.45) is 1.08. The molecule has 0 spiro atoms. The lowest BCUT2D eigenvalue weighted by Crippen LogP contribution is -2.41. The van der Waals surface area contributed by atoms with E-state index >= 15 is 0 Å². The zero-order chi connectivity index (χ0) is 16.2. The lowest BCUT2D eigenvalue weighted by molar-refractivity contribution is -0.118. The average molecular weight is 317 g/mol. The van der Waals surface area contributed by atoms with E-state index in [2.05, 4.69) is 0 Å². The van der Waals surface area contributed by atoms with Gasteiger partial charge in [0.2, 0.25) is 5.91 Å². The predicted octanol–water partition coefficient (Wildman–Crippen LogP) is 2.65. The van der Waals surface area contributed by atoms with E-state index in [9.17, 15) is 13.2 Å². The summed E-state index contributed by atoms with van der Waals surface area (Å²) in [6, 6.07) is 18.6.